The first kappa shape index (κ1) is 9.99. The van der Waals surface area contributed by atoms with E-state index in [4.69, 9.17) is 10.5 Å². The SMILES string of the molecule is COc1cc(Br)ccc1CC1(N)CC1. The van der Waals surface area contributed by atoms with Crippen molar-refractivity contribution in [3.63, 3.8) is 0 Å². The molecule has 76 valence electrons. The zero-order valence-corrected chi connectivity index (χ0v) is 9.80. The first-order valence-corrected chi connectivity index (χ1v) is 5.54. The molecule has 1 aromatic rings. The average molecular weight is 256 g/mol. The van der Waals surface area contributed by atoms with Gasteiger partial charge in [0.05, 0.1) is 7.11 Å². The third kappa shape index (κ3) is 2.10. The highest BCUT2D eigenvalue weighted by molar-refractivity contribution is 9.10. The van der Waals surface area contributed by atoms with Crippen LogP contribution >= 0.6 is 15.9 Å². The van der Waals surface area contributed by atoms with Crippen LogP contribution in [0.4, 0.5) is 0 Å². The molecular weight excluding hydrogens is 242 g/mol. The maximum atomic E-state index is 6.07. The molecule has 0 unspecified atom stereocenters. The van der Waals surface area contributed by atoms with Crippen molar-refractivity contribution < 1.29 is 4.74 Å². The summed E-state index contributed by atoms with van der Waals surface area (Å²) in [4.78, 5) is 0. The highest BCUT2D eigenvalue weighted by atomic mass is 79.9. The molecule has 1 aliphatic rings. The van der Waals surface area contributed by atoms with Gasteiger partial charge in [0.1, 0.15) is 5.75 Å². The molecule has 2 rings (SSSR count). The highest BCUT2D eigenvalue weighted by Crippen LogP contribution is 2.38. The van der Waals surface area contributed by atoms with Crippen LogP contribution in [0.1, 0.15) is 18.4 Å². The van der Waals surface area contributed by atoms with Crippen LogP contribution in [-0.2, 0) is 6.42 Å². The minimum atomic E-state index is 0.0428. The zero-order valence-electron chi connectivity index (χ0n) is 8.22. The summed E-state index contributed by atoms with van der Waals surface area (Å²) in [6.07, 6.45) is 3.18. The molecule has 1 saturated carbocycles. The lowest BCUT2D eigenvalue weighted by molar-refractivity contribution is 0.407. The third-order valence-corrected chi connectivity index (χ3v) is 3.18. The summed E-state index contributed by atoms with van der Waals surface area (Å²) in [5.74, 6) is 0.927. The fourth-order valence-corrected chi connectivity index (χ4v) is 1.92. The number of halogens is 1. The lowest BCUT2D eigenvalue weighted by atomic mass is 10.0. The van der Waals surface area contributed by atoms with Crippen LogP contribution in [-0.4, -0.2) is 12.6 Å². The Balaban J connectivity index is 2.23. The van der Waals surface area contributed by atoms with E-state index in [2.05, 4.69) is 22.0 Å². The normalized spacial score (nSPS) is 17.9. The predicted octanol–water partition coefficient (Wildman–Crippen LogP) is 2.49. The minimum absolute atomic E-state index is 0.0428. The molecule has 14 heavy (non-hydrogen) atoms. The maximum Gasteiger partial charge on any atom is 0.123 e. The van der Waals surface area contributed by atoms with Crippen LogP contribution in [0.25, 0.3) is 0 Å². The first-order valence-electron chi connectivity index (χ1n) is 4.74. The van der Waals surface area contributed by atoms with Crippen LogP contribution in [0, 0.1) is 0 Å². The van der Waals surface area contributed by atoms with Gasteiger partial charge in [0, 0.05) is 10.0 Å². The Hall–Kier alpha value is -0.540. The van der Waals surface area contributed by atoms with Crippen molar-refractivity contribution >= 4 is 15.9 Å². The smallest absolute Gasteiger partial charge is 0.123 e. The van der Waals surface area contributed by atoms with E-state index in [9.17, 15) is 0 Å². The van der Waals surface area contributed by atoms with Crippen molar-refractivity contribution in [1.82, 2.24) is 0 Å². The van der Waals surface area contributed by atoms with E-state index < -0.39 is 0 Å². The van der Waals surface area contributed by atoms with Crippen molar-refractivity contribution in [2.24, 2.45) is 5.73 Å². The summed E-state index contributed by atoms with van der Waals surface area (Å²) in [6, 6.07) is 6.10. The van der Waals surface area contributed by atoms with Gasteiger partial charge in [-0.25, -0.2) is 0 Å². The van der Waals surface area contributed by atoms with Crippen molar-refractivity contribution in [2.75, 3.05) is 7.11 Å². The Kier molecular flexibility index (Phi) is 2.54. The van der Waals surface area contributed by atoms with E-state index in [0.717, 1.165) is 29.5 Å². The number of hydrogen-bond donors (Lipinski definition) is 1. The molecule has 0 radical (unpaired) electrons. The number of nitrogens with two attached hydrogens (primary N) is 1. The predicted molar refractivity (Wildman–Crippen MR) is 60.6 cm³/mol. The number of ether oxygens (including phenoxy) is 1. The molecule has 1 fully saturated rings. The topological polar surface area (TPSA) is 35.2 Å². The second kappa shape index (κ2) is 3.55. The zero-order chi connectivity index (χ0) is 10.2. The molecule has 2 N–H and O–H groups in total. The highest BCUT2D eigenvalue weighted by Gasteiger charge is 2.38. The van der Waals surface area contributed by atoms with Crippen molar-refractivity contribution in [2.45, 2.75) is 24.8 Å². The Morgan fingerprint density at radius 2 is 2.21 bits per heavy atom. The summed E-state index contributed by atoms with van der Waals surface area (Å²) in [7, 11) is 1.70. The number of hydrogen-bond acceptors (Lipinski definition) is 2. The van der Waals surface area contributed by atoms with Crippen molar-refractivity contribution in [3.8, 4) is 5.75 Å². The van der Waals surface area contributed by atoms with E-state index in [-0.39, 0.29) is 5.54 Å². The maximum absolute atomic E-state index is 6.07. The van der Waals surface area contributed by atoms with Crippen molar-refractivity contribution in [3.05, 3.63) is 28.2 Å². The van der Waals surface area contributed by atoms with Gasteiger partial charge in [-0.1, -0.05) is 22.0 Å². The molecule has 0 aliphatic heterocycles. The van der Waals surface area contributed by atoms with Gasteiger partial charge in [0.2, 0.25) is 0 Å². The summed E-state index contributed by atoms with van der Waals surface area (Å²) >= 11 is 3.42. The van der Waals surface area contributed by atoms with Gasteiger partial charge in [-0.05, 0) is 37.0 Å². The first-order chi connectivity index (χ1) is 6.63. The van der Waals surface area contributed by atoms with Crippen LogP contribution < -0.4 is 10.5 Å². The molecule has 2 nitrogen and oxygen atoms in total. The largest absolute Gasteiger partial charge is 0.496 e. The molecular formula is C11H14BrNO. The molecule has 1 aliphatic carbocycles. The number of benzene rings is 1. The Bertz CT molecular complexity index is 347. The van der Waals surface area contributed by atoms with Gasteiger partial charge < -0.3 is 10.5 Å². The van der Waals surface area contributed by atoms with Crippen LogP contribution in [0.15, 0.2) is 22.7 Å². The lowest BCUT2D eigenvalue weighted by Crippen LogP contribution is -2.24. The van der Waals surface area contributed by atoms with E-state index in [1.807, 2.05) is 12.1 Å². The van der Waals surface area contributed by atoms with E-state index in [0.29, 0.717) is 0 Å². The van der Waals surface area contributed by atoms with Gasteiger partial charge >= 0.3 is 0 Å². The summed E-state index contributed by atoms with van der Waals surface area (Å²) in [6.45, 7) is 0. The summed E-state index contributed by atoms with van der Waals surface area (Å²) in [5, 5.41) is 0. The lowest BCUT2D eigenvalue weighted by Gasteiger charge is -2.12. The molecule has 0 aromatic heterocycles. The molecule has 0 spiro atoms. The molecule has 0 heterocycles. The molecule has 0 atom stereocenters. The standard InChI is InChI=1S/C11H14BrNO/c1-14-10-6-9(12)3-2-8(10)7-11(13)4-5-11/h2-3,6H,4-5,7,13H2,1H3. The number of methoxy groups -OCH3 is 1. The molecule has 0 saturated heterocycles. The minimum Gasteiger partial charge on any atom is -0.496 e. The summed E-state index contributed by atoms with van der Waals surface area (Å²) in [5.41, 5.74) is 7.32. The third-order valence-electron chi connectivity index (χ3n) is 2.68. The quantitative estimate of drug-likeness (QED) is 0.901. The Morgan fingerprint density at radius 1 is 1.50 bits per heavy atom. The van der Waals surface area contributed by atoms with Gasteiger partial charge in [-0.2, -0.15) is 0 Å². The Labute approximate surface area is 92.6 Å². The number of rotatable bonds is 3. The van der Waals surface area contributed by atoms with Gasteiger partial charge in [-0.15, -0.1) is 0 Å². The molecule has 1 aromatic carbocycles. The van der Waals surface area contributed by atoms with Crippen LogP contribution in [0.5, 0.6) is 5.75 Å². The van der Waals surface area contributed by atoms with Crippen molar-refractivity contribution in [1.29, 1.82) is 0 Å². The van der Waals surface area contributed by atoms with E-state index in [1.165, 1.54) is 5.56 Å². The summed E-state index contributed by atoms with van der Waals surface area (Å²) < 4.78 is 6.36. The fourth-order valence-electron chi connectivity index (χ4n) is 1.58. The van der Waals surface area contributed by atoms with E-state index in [1.54, 1.807) is 7.11 Å². The van der Waals surface area contributed by atoms with Gasteiger partial charge in [0.15, 0.2) is 0 Å². The molecule has 3 heteroatoms. The fraction of sp³-hybridized carbons (Fsp3) is 0.455. The molecule has 0 amide bonds. The van der Waals surface area contributed by atoms with Crippen LogP contribution in [0.3, 0.4) is 0 Å². The Morgan fingerprint density at radius 3 is 2.79 bits per heavy atom. The van der Waals surface area contributed by atoms with Gasteiger partial charge in [-0.3, -0.25) is 0 Å². The average Bonchev–Trinajstić information content (AvgIpc) is 2.87. The second-order valence-electron chi connectivity index (χ2n) is 4.00. The van der Waals surface area contributed by atoms with Gasteiger partial charge in [0.25, 0.3) is 0 Å². The van der Waals surface area contributed by atoms with E-state index >= 15 is 0 Å². The molecule has 0 bridgehead atoms. The van der Waals surface area contributed by atoms with Crippen LogP contribution in [0.2, 0.25) is 0 Å². The monoisotopic (exact) mass is 255 g/mol. The second-order valence-corrected chi connectivity index (χ2v) is 4.91.